The number of fused-ring (bicyclic) bond motifs is 3. The summed E-state index contributed by atoms with van der Waals surface area (Å²) in [5, 5.41) is 12.9. The lowest BCUT2D eigenvalue weighted by molar-refractivity contribution is -0.122. The number of nitriles is 1. The highest BCUT2D eigenvalue weighted by Gasteiger charge is 2.42. The fourth-order valence-electron chi connectivity index (χ4n) is 5.58. The SMILES string of the molecule is CN1C(=O)Cc2ccc(-c3cc(F)c(CC(C#N)CC(=O)[C@H]4N[C@@H]5CC[C@H]4C5)c(F)c3)cc21. The topological polar surface area (TPSA) is 73.2 Å². The fraction of sp³-hybridized carbons (Fsp3) is 0.423. The van der Waals surface area contributed by atoms with Crippen LogP contribution in [0, 0.1) is 34.8 Å². The Bertz CT molecular complexity index is 1170. The molecule has 0 spiro atoms. The van der Waals surface area contributed by atoms with Crippen LogP contribution in [0.5, 0.6) is 0 Å². The highest BCUT2D eigenvalue weighted by Crippen LogP contribution is 2.37. The van der Waals surface area contributed by atoms with Crippen molar-refractivity contribution < 1.29 is 18.4 Å². The second-order valence-corrected chi connectivity index (χ2v) is 9.51. The van der Waals surface area contributed by atoms with Gasteiger partial charge in [0.2, 0.25) is 5.91 Å². The molecule has 33 heavy (non-hydrogen) atoms. The monoisotopic (exact) mass is 449 g/mol. The van der Waals surface area contributed by atoms with Crippen LogP contribution in [0.1, 0.15) is 36.8 Å². The minimum absolute atomic E-state index is 0.0107. The number of nitrogens with one attached hydrogen (secondary N) is 1. The number of hydrogen-bond acceptors (Lipinski definition) is 4. The molecule has 2 fully saturated rings. The van der Waals surface area contributed by atoms with Gasteiger partial charge in [-0.25, -0.2) is 8.78 Å². The van der Waals surface area contributed by atoms with Crippen molar-refractivity contribution in [2.75, 3.05) is 11.9 Å². The molecule has 2 aromatic carbocycles. The molecule has 0 radical (unpaired) electrons. The maximum absolute atomic E-state index is 15.0. The number of nitrogens with zero attached hydrogens (tertiary/aromatic N) is 2. The third kappa shape index (κ3) is 3.93. The Hall–Kier alpha value is -3.11. The Balaban J connectivity index is 1.33. The highest BCUT2D eigenvalue weighted by molar-refractivity contribution is 6.01. The summed E-state index contributed by atoms with van der Waals surface area (Å²) in [4.78, 5) is 26.2. The molecule has 170 valence electrons. The molecule has 1 aliphatic carbocycles. The van der Waals surface area contributed by atoms with E-state index in [2.05, 4.69) is 11.4 Å². The van der Waals surface area contributed by atoms with E-state index in [1.54, 1.807) is 30.1 Å². The molecule has 2 aliphatic heterocycles. The first kappa shape index (κ1) is 21.7. The Kier molecular flexibility index (Phi) is 5.49. The molecule has 1 saturated heterocycles. The van der Waals surface area contributed by atoms with Gasteiger partial charge in [-0.15, -0.1) is 0 Å². The zero-order valence-electron chi connectivity index (χ0n) is 18.4. The van der Waals surface area contributed by atoms with E-state index >= 15 is 0 Å². The van der Waals surface area contributed by atoms with E-state index < -0.39 is 17.6 Å². The summed E-state index contributed by atoms with van der Waals surface area (Å²) in [7, 11) is 1.68. The van der Waals surface area contributed by atoms with Crippen LogP contribution in [0.2, 0.25) is 0 Å². The molecule has 5 nitrogen and oxygen atoms in total. The zero-order chi connectivity index (χ0) is 23.3. The van der Waals surface area contributed by atoms with E-state index in [0.29, 0.717) is 29.5 Å². The van der Waals surface area contributed by atoms with Gasteiger partial charge in [0.1, 0.15) is 11.6 Å². The summed E-state index contributed by atoms with van der Waals surface area (Å²) in [5.41, 5.74) is 2.41. The average molecular weight is 450 g/mol. The van der Waals surface area contributed by atoms with Gasteiger partial charge >= 0.3 is 0 Å². The number of carbonyl (C=O) groups excluding carboxylic acids is 2. The molecule has 1 saturated carbocycles. The minimum atomic E-state index is -0.784. The number of hydrogen-bond donors (Lipinski definition) is 1. The summed E-state index contributed by atoms with van der Waals surface area (Å²) in [5.74, 6) is -2.00. The van der Waals surface area contributed by atoms with Crippen LogP contribution in [0.3, 0.4) is 0 Å². The van der Waals surface area contributed by atoms with Crippen molar-refractivity contribution in [1.29, 1.82) is 5.26 Å². The molecule has 1 amide bonds. The smallest absolute Gasteiger partial charge is 0.231 e. The number of ketones is 1. The summed E-state index contributed by atoms with van der Waals surface area (Å²) >= 11 is 0. The number of benzene rings is 2. The van der Waals surface area contributed by atoms with E-state index in [1.807, 2.05) is 0 Å². The first-order valence-electron chi connectivity index (χ1n) is 11.4. The molecule has 1 unspecified atom stereocenters. The van der Waals surface area contributed by atoms with Crippen molar-refractivity contribution in [3.63, 3.8) is 0 Å². The van der Waals surface area contributed by atoms with E-state index in [0.717, 1.165) is 30.5 Å². The van der Waals surface area contributed by atoms with Gasteiger partial charge in [-0.1, -0.05) is 12.1 Å². The van der Waals surface area contributed by atoms with Gasteiger partial charge in [0.05, 0.1) is 24.4 Å². The molecule has 2 heterocycles. The van der Waals surface area contributed by atoms with E-state index in [9.17, 15) is 23.6 Å². The lowest BCUT2D eigenvalue weighted by Gasteiger charge is -2.23. The molecule has 7 heteroatoms. The summed E-state index contributed by atoms with van der Waals surface area (Å²) in [6.07, 6.45) is 3.24. The Morgan fingerprint density at radius 1 is 1.21 bits per heavy atom. The van der Waals surface area contributed by atoms with E-state index in [4.69, 9.17) is 0 Å². The molecular formula is C26H25F2N3O2. The van der Waals surface area contributed by atoms with Crippen LogP contribution < -0.4 is 10.2 Å². The van der Waals surface area contributed by atoms with Crippen molar-refractivity contribution in [2.45, 2.75) is 50.6 Å². The molecular weight excluding hydrogens is 424 g/mol. The van der Waals surface area contributed by atoms with Gasteiger partial charge in [-0.05, 0) is 66.5 Å². The fourth-order valence-corrected chi connectivity index (χ4v) is 5.58. The van der Waals surface area contributed by atoms with Crippen LogP contribution in [0.15, 0.2) is 30.3 Å². The minimum Gasteiger partial charge on any atom is -0.315 e. The van der Waals surface area contributed by atoms with E-state index in [-0.39, 0.29) is 36.1 Å². The Labute approximate surface area is 191 Å². The molecule has 2 bridgehead atoms. The predicted octanol–water partition coefficient (Wildman–Crippen LogP) is 3.93. The number of amides is 1. The second kappa shape index (κ2) is 8.35. The lowest BCUT2D eigenvalue weighted by atomic mass is 9.88. The van der Waals surface area contributed by atoms with Crippen LogP contribution in [-0.2, 0) is 22.4 Å². The number of rotatable bonds is 6. The number of carbonyl (C=O) groups is 2. The summed E-state index contributed by atoms with van der Waals surface area (Å²) in [6.45, 7) is 0. The van der Waals surface area contributed by atoms with Crippen LogP contribution in [0.4, 0.5) is 14.5 Å². The standard InChI is InChI=1S/C26H25F2N3O2/c1-31-23-11-15(2-3-16(23)12-25(31)33)18-9-21(27)20(22(28)10-18)6-14(13-29)7-24(32)26-17-4-5-19(8-17)30-26/h2-3,9-11,14,17,19,26,30H,4-8,12H2,1H3/t14?,17-,19+,26-/m0/s1. The molecule has 3 aliphatic rings. The van der Waals surface area contributed by atoms with Gasteiger partial charge in [-0.3, -0.25) is 9.59 Å². The molecule has 4 atom stereocenters. The van der Waals surface area contributed by atoms with Crippen molar-refractivity contribution in [3.8, 4) is 17.2 Å². The van der Waals surface area contributed by atoms with Crippen LogP contribution in [0.25, 0.3) is 11.1 Å². The maximum atomic E-state index is 15.0. The molecule has 1 N–H and O–H groups in total. The van der Waals surface area contributed by atoms with Crippen molar-refractivity contribution in [2.24, 2.45) is 11.8 Å². The van der Waals surface area contributed by atoms with Gasteiger partial charge in [0.15, 0.2) is 5.78 Å². The Morgan fingerprint density at radius 3 is 2.61 bits per heavy atom. The van der Waals surface area contributed by atoms with Gasteiger partial charge in [-0.2, -0.15) is 5.26 Å². The quantitative estimate of drug-likeness (QED) is 0.725. The van der Waals surface area contributed by atoms with Gasteiger partial charge in [0.25, 0.3) is 0 Å². The number of Topliss-reactive ketones (excluding diaryl/α,β-unsaturated/α-hetero) is 1. The lowest BCUT2D eigenvalue weighted by Crippen LogP contribution is -2.42. The maximum Gasteiger partial charge on any atom is 0.231 e. The largest absolute Gasteiger partial charge is 0.315 e. The van der Waals surface area contributed by atoms with Crippen molar-refractivity contribution >= 4 is 17.4 Å². The normalized spacial score (nSPS) is 24.1. The Morgan fingerprint density at radius 2 is 1.97 bits per heavy atom. The third-order valence-electron chi connectivity index (χ3n) is 7.42. The van der Waals surface area contributed by atoms with Gasteiger partial charge < -0.3 is 10.2 Å². The van der Waals surface area contributed by atoms with Gasteiger partial charge in [0, 0.05) is 30.8 Å². The number of likely N-dealkylation sites (N-methyl/N-ethyl adjacent to an activating group) is 1. The molecule has 0 aromatic heterocycles. The number of piperidine rings is 1. The number of anilines is 1. The predicted molar refractivity (Wildman–Crippen MR) is 119 cm³/mol. The van der Waals surface area contributed by atoms with Crippen molar-refractivity contribution in [1.82, 2.24) is 5.32 Å². The van der Waals surface area contributed by atoms with E-state index in [1.165, 1.54) is 12.1 Å². The second-order valence-electron chi connectivity index (χ2n) is 9.51. The average Bonchev–Trinajstić information content (AvgIpc) is 3.50. The zero-order valence-corrected chi connectivity index (χ0v) is 18.4. The summed E-state index contributed by atoms with van der Waals surface area (Å²) in [6, 6.07) is 10.0. The van der Waals surface area contributed by atoms with Crippen LogP contribution >= 0.6 is 0 Å². The highest BCUT2D eigenvalue weighted by atomic mass is 19.1. The summed E-state index contributed by atoms with van der Waals surface area (Å²) < 4.78 is 29.9. The van der Waals surface area contributed by atoms with Crippen LogP contribution in [-0.4, -0.2) is 30.8 Å². The van der Waals surface area contributed by atoms with Crippen molar-refractivity contribution in [3.05, 3.63) is 53.1 Å². The number of halogens is 2. The first-order chi connectivity index (χ1) is 15.8. The molecule has 5 rings (SSSR count). The molecule has 2 aromatic rings. The first-order valence-corrected chi connectivity index (χ1v) is 11.4. The third-order valence-corrected chi connectivity index (χ3v) is 7.42.